The minimum atomic E-state index is 0.150. The first kappa shape index (κ1) is 12.7. The van der Waals surface area contributed by atoms with E-state index < -0.39 is 0 Å². The lowest BCUT2D eigenvalue weighted by Crippen LogP contribution is -1.98. The summed E-state index contributed by atoms with van der Waals surface area (Å²) in [6.07, 6.45) is 1.56. The van der Waals surface area contributed by atoms with Gasteiger partial charge >= 0.3 is 0 Å². The molecule has 0 aliphatic heterocycles. The Morgan fingerprint density at radius 3 is 2.90 bits per heavy atom. The highest BCUT2D eigenvalue weighted by molar-refractivity contribution is 6.28. The summed E-state index contributed by atoms with van der Waals surface area (Å²) < 4.78 is 5.24. The maximum atomic E-state index is 5.89. The van der Waals surface area contributed by atoms with E-state index in [-0.39, 0.29) is 5.28 Å². The van der Waals surface area contributed by atoms with Crippen molar-refractivity contribution in [3.05, 3.63) is 35.4 Å². The third kappa shape index (κ3) is 2.25. The molecule has 6 nitrogen and oxygen atoms in total. The maximum Gasteiger partial charge on any atom is 0.226 e. The molecular weight excluding hydrogens is 278 g/mol. The number of anilines is 2. The van der Waals surface area contributed by atoms with Crippen LogP contribution < -0.4 is 10.1 Å². The Labute approximate surface area is 120 Å². The van der Waals surface area contributed by atoms with Crippen molar-refractivity contribution in [3.63, 3.8) is 0 Å². The monoisotopic (exact) mass is 289 g/mol. The number of aryl methyl sites for hydroxylation is 1. The topological polar surface area (TPSA) is 75.7 Å². The van der Waals surface area contributed by atoms with Crippen LogP contribution in [0.2, 0.25) is 5.28 Å². The Morgan fingerprint density at radius 1 is 1.30 bits per heavy atom. The van der Waals surface area contributed by atoms with Gasteiger partial charge in [0.2, 0.25) is 5.28 Å². The maximum absolute atomic E-state index is 5.89. The number of aromatic nitrogens is 4. The molecule has 2 heterocycles. The molecule has 7 heteroatoms. The molecule has 2 N–H and O–H groups in total. The zero-order chi connectivity index (χ0) is 14.1. The minimum Gasteiger partial charge on any atom is -0.496 e. The molecule has 0 radical (unpaired) electrons. The largest absolute Gasteiger partial charge is 0.496 e. The highest BCUT2D eigenvalue weighted by atomic mass is 35.5. The molecule has 0 amide bonds. The molecule has 0 atom stereocenters. The number of hydrogen-bond donors (Lipinski definition) is 2. The summed E-state index contributed by atoms with van der Waals surface area (Å²) in [5, 5.41) is 3.35. The van der Waals surface area contributed by atoms with E-state index in [2.05, 4.69) is 25.3 Å². The van der Waals surface area contributed by atoms with Crippen molar-refractivity contribution < 1.29 is 4.74 Å². The number of aromatic amines is 1. The summed E-state index contributed by atoms with van der Waals surface area (Å²) in [6.45, 7) is 1.97. The van der Waals surface area contributed by atoms with Crippen LogP contribution in [0.5, 0.6) is 5.75 Å². The Kier molecular flexibility index (Phi) is 3.15. The second kappa shape index (κ2) is 4.97. The lowest BCUT2D eigenvalue weighted by atomic mass is 10.2. The van der Waals surface area contributed by atoms with Crippen LogP contribution in [0.1, 0.15) is 5.56 Å². The van der Waals surface area contributed by atoms with Gasteiger partial charge in [-0.3, -0.25) is 0 Å². The number of fused-ring (bicyclic) bond motifs is 1. The van der Waals surface area contributed by atoms with Crippen LogP contribution >= 0.6 is 11.6 Å². The molecule has 0 bridgehead atoms. The number of benzene rings is 1. The molecule has 102 valence electrons. The highest BCUT2D eigenvalue weighted by Gasteiger charge is 2.09. The lowest BCUT2D eigenvalue weighted by molar-refractivity contribution is 0.412. The van der Waals surface area contributed by atoms with Gasteiger partial charge in [0.1, 0.15) is 11.3 Å². The standard InChI is InChI=1S/C13H12ClN5O/c1-7-5-8(3-4-9(7)20-2)17-12-10-11(16-6-15-10)18-13(14)19-12/h3-6H,1-2H3,(H2,15,16,17,18,19). The molecule has 20 heavy (non-hydrogen) atoms. The highest BCUT2D eigenvalue weighted by Crippen LogP contribution is 2.26. The van der Waals surface area contributed by atoms with Gasteiger partial charge in [-0.2, -0.15) is 9.97 Å². The quantitative estimate of drug-likeness (QED) is 0.725. The number of hydrogen-bond acceptors (Lipinski definition) is 5. The summed E-state index contributed by atoms with van der Waals surface area (Å²) in [6, 6.07) is 5.77. The van der Waals surface area contributed by atoms with Crippen molar-refractivity contribution in [2.75, 3.05) is 12.4 Å². The van der Waals surface area contributed by atoms with Crippen LogP contribution in [0.25, 0.3) is 11.2 Å². The summed E-state index contributed by atoms with van der Waals surface area (Å²) in [7, 11) is 1.65. The third-order valence-corrected chi connectivity index (χ3v) is 3.08. The fourth-order valence-corrected chi connectivity index (χ4v) is 2.15. The van der Waals surface area contributed by atoms with Gasteiger partial charge in [0.05, 0.1) is 13.4 Å². The molecule has 0 unspecified atom stereocenters. The second-order valence-electron chi connectivity index (χ2n) is 4.25. The zero-order valence-electron chi connectivity index (χ0n) is 10.9. The first-order valence-electron chi connectivity index (χ1n) is 5.95. The van der Waals surface area contributed by atoms with E-state index >= 15 is 0 Å². The minimum absolute atomic E-state index is 0.150. The summed E-state index contributed by atoms with van der Waals surface area (Å²) in [5.41, 5.74) is 3.15. The summed E-state index contributed by atoms with van der Waals surface area (Å²) in [4.78, 5) is 15.3. The van der Waals surface area contributed by atoms with E-state index in [1.165, 1.54) is 0 Å². The average Bonchev–Trinajstić information content (AvgIpc) is 2.87. The smallest absolute Gasteiger partial charge is 0.226 e. The van der Waals surface area contributed by atoms with E-state index in [0.717, 1.165) is 17.0 Å². The average molecular weight is 290 g/mol. The fourth-order valence-electron chi connectivity index (χ4n) is 1.99. The van der Waals surface area contributed by atoms with Crippen LogP contribution in [0.15, 0.2) is 24.5 Å². The van der Waals surface area contributed by atoms with Crippen molar-refractivity contribution in [1.29, 1.82) is 0 Å². The lowest BCUT2D eigenvalue weighted by Gasteiger charge is -2.09. The van der Waals surface area contributed by atoms with Gasteiger partial charge in [-0.1, -0.05) is 0 Å². The van der Waals surface area contributed by atoms with Gasteiger partial charge in [0.15, 0.2) is 11.5 Å². The number of rotatable bonds is 3. The Bertz CT molecular complexity index is 771. The molecule has 0 spiro atoms. The number of H-pyrrole nitrogens is 1. The molecule has 0 aliphatic rings. The van der Waals surface area contributed by atoms with Gasteiger partial charge in [-0.15, -0.1) is 0 Å². The number of imidazole rings is 1. The van der Waals surface area contributed by atoms with Crippen LogP contribution in [0.3, 0.4) is 0 Å². The fraction of sp³-hybridized carbons (Fsp3) is 0.154. The van der Waals surface area contributed by atoms with Crippen molar-refractivity contribution >= 4 is 34.3 Å². The SMILES string of the molecule is COc1ccc(Nc2nc(Cl)nc3nc[nH]c23)cc1C. The van der Waals surface area contributed by atoms with Crippen molar-refractivity contribution in [3.8, 4) is 5.75 Å². The van der Waals surface area contributed by atoms with E-state index in [1.807, 2.05) is 25.1 Å². The van der Waals surface area contributed by atoms with E-state index in [9.17, 15) is 0 Å². The number of halogens is 1. The van der Waals surface area contributed by atoms with Crippen LogP contribution in [-0.4, -0.2) is 27.0 Å². The molecule has 0 saturated heterocycles. The van der Waals surface area contributed by atoms with Gasteiger partial charge < -0.3 is 15.0 Å². The van der Waals surface area contributed by atoms with Gasteiger partial charge in [0, 0.05) is 5.69 Å². The molecule has 0 fully saturated rings. The Hall–Kier alpha value is -2.34. The van der Waals surface area contributed by atoms with Crippen LogP contribution in [0, 0.1) is 6.92 Å². The molecule has 2 aromatic heterocycles. The molecule has 3 rings (SSSR count). The summed E-state index contributed by atoms with van der Waals surface area (Å²) in [5.74, 6) is 1.42. The van der Waals surface area contributed by atoms with Gasteiger partial charge in [-0.05, 0) is 42.3 Å². The van der Waals surface area contributed by atoms with Crippen molar-refractivity contribution in [2.45, 2.75) is 6.92 Å². The van der Waals surface area contributed by atoms with Crippen molar-refractivity contribution in [1.82, 2.24) is 19.9 Å². The summed E-state index contributed by atoms with van der Waals surface area (Å²) >= 11 is 5.89. The third-order valence-electron chi connectivity index (χ3n) is 2.92. The molecule has 0 aliphatic carbocycles. The zero-order valence-corrected chi connectivity index (χ0v) is 11.7. The molecule has 0 saturated carbocycles. The number of ether oxygens (including phenoxy) is 1. The Morgan fingerprint density at radius 2 is 2.15 bits per heavy atom. The van der Waals surface area contributed by atoms with E-state index in [4.69, 9.17) is 16.3 Å². The second-order valence-corrected chi connectivity index (χ2v) is 4.59. The van der Waals surface area contributed by atoms with E-state index in [0.29, 0.717) is 17.0 Å². The number of nitrogens with zero attached hydrogens (tertiary/aromatic N) is 3. The molecule has 1 aromatic carbocycles. The Balaban J connectivity index is 2.00. The number of nitrogens with one attached hydrogen (secondary N) is 2. The van der Waals surface area contributed by atoms with Crippen molar-refractivity contribution in [2.24, 2.45) is 0 Å². The normalized spacial score (nSPS) is 10.8. The number of methoxy groups -OCH3 is 1. The van der Waals surface area contributed by atoms with E-state index in [1.54, 1.807) is 13.4 Å². The first-order chi connectivity index (χ1) is 9.67. The molecular formula is C13H12ClN5O. The van der Waals surface area contributed by atoms with Crippen LogP contribution in [0.4, 0.5) is 11.5 Å². The van der Waals surface area contributed by atoms with Gasteiger partial charge in [-0.25, -0.2) is 4.98 Å². The van der Waals surface area contributed by atoms with Crippen LogP contribution in [-0.2, 0) is 0 Å². The van der Waals surface area contributed by atoms with Gasteiger partial charge in [0.25, 0.3) is 0 Å². The predicted molar refractivity (Wildman–Crippen MR) is 77.7 cm³/mol. The first-order valence-corrected chi connectivity index (χ1v) is 6.33. The molecule has 3 aromatic rings. The predicted octanol–water partition coefficient (Wildman–Crippen LogP) is 3.07.